The molecular weight excluding hydrogens is 586 g/mol. The third-order valence-corrected chi connectivity index (χ3v) is 8.41. The molecule has 14 nitrogen and oxygen atoms in total. The molecule has 0 spiro atoms. The summed E-state index contributed by atoms with van der Waals surface area (Å²) in [5.41, 5.74) is 27.5. The highest BCUT2D eigenvalue weighted by Gasteiger charge is 2.29. The number of amides is 1. The number of piperidine rings is 2. The summed E-state index contributed by atoms with van der Waals surface area (Å²) in [6, 6.07) is 7.84. The fourth-order valence-corrected chi connectivity index (χ4v) is 6.04. The van der Waals surface area contributed by atoms with Gasteiger partial charge < -0.3 is 53.6 Å². The minimum Gasteiger partial charge on any atom is -0.507 e. The van der Waals surface area contributed by atoms with Gasteiger partial charge in [-0.05, 0) is 54.0 Å². The van der Waals surface area contributed by atoms with Crippen LogP contribution in [-0.4, -0.2) is 81.4 Å². The Bertz CT molecular complexity index is 1500. The van der Waals surface area contributed by atoms with Gasteiger partial charge in [0.1, 0.15) is 11.5 Å². The van der Waals surface area contributed by atoms with Crippen LogP contribution in [0.5, 0.6) is 11.5 Å². The topological polar surface area (TPSA) is 231 Å². The minimum absolute atomic E-state index is 0.0206. The molecule has 46 heavy (non-hydrogen) atoms. The van der Waals surface area contributed by atoms with E-state index < -0.39 is 5.91 Å². The van der Waals surface area contributed by atoms with Gasteiger partial charge in [0.2, 0.25) is 17.8 Å². The van der Waals surface area contributed by atoms with Crippen LogP contribution in [0.15, 0.2) is 30.3 Å². The minimum atomic E-state index is -0.527. The van der Waals surface area contributed by atoms with Gasteiger partial charge in [-0.25, -0.2) is 0 Å². The lowest BCUT2D eigenvalue weighted by molar-refractivity contribution is 0.102. The Kier molecular flexibility index (Phi) is 9.82. The van der Waals surface area contributed by atoms with E-state index in [1.807, 2.05) is 43.6 Å². The number of rotatable bonds is 8. The maximum atomic E-state index is 13.3. The van der Waals surface area contributed by atoms with Crippen LogP contribution >= 0.6 is 0 Å². The normalized spacial score (nSPS) is 22.0. The highest BCUT2D eigenvalue weighted by Crippen LogP contribution is 2.35. The molecule has 14 heteroatoms. The van der Waals surface area contributed by atoms with E-state index in [2.05, 4.69) is 20.6 Å². The summed E-state index contributed by atoms with van der Waals surface area (Å²) in [6.07, 6.45) is 1.42. The van der Waals surface area contributed by atoms with Crippen LogP contribution < -0.4 is 43.4 Å². The molecule has 0 radical (unpaired) electrons. The van der Waals surface area contributed by atoms with Gasteiger partial charge in [-0.2, -0.15) is 15.0 Å². The monoisotopic (exact) mass is 633 g/mol. The number of hydrogen-bond acceptors (Lipinski definition) is 13. The molecule has 1 aromatic heterocycles. The molecule has 5 rings (SSSR count). The maximum absolute atomic E-state index is 13.3. The summed E-state index contributed by atoms with van der Waals surface area (Å²) >= 11 is 0. The van der Waals surface area contributed by atoms with E-state index >= 15 is 0 Å². The van der Waals surface area contributed by atoms with Gasteiger partial charge in [0.05, 0.1) is 11.3 Å². The molecule has 0 saturated carbocycles. The number of phenolic OH excluding ortho intramolecular Hbond substituents is 2. The van der Waals surface area contributed by atoms with Gasteiger partial charge in [0.25, 0.3) is 5.91 Å². The molecule has 3 aromatic rings. The number of benzene rings is 2. The number of anilines is 5. The zero-order valence-electron chi connectivity index (χ0n) is 26.9. The van der Waals surface area contributed by atoms with Crippen molar-refractivity contribution in [1.82, 2.24) is 15.0 Å². The molecule has 2 aliphatic heterocycles. The summed E-state index contributed by atoms with van der Waals surface area (Å²) in [6.45, 7) is 10.1. The average Bonchev–Trinajstić information content (AvgIpc) is 2.97. The van der Waals surface area contributed by atoms with Crippen molar-refractivity contribution in [2.45, 2.75) is 76.5 Å². The average molecular weight is 634 g/mol. The van der Waals surface area contributed by atoms with Crippen LogP contribution in [0.3, 0.4) is 0 Å². The number of phenols is 2. The third-order valence-electron chi connectivity index (χ3n) is 8.41. The standard InChI is InChI=1S/C32H47N11O3/c1-16(2)18-7-24(17(3)4)28(45)25(8-18)29(46)38-26-6-5-23(11-27(26)44)37-30-39-31(42-12-19(33)9-20(34)13-42)41-32(40-30)43-14-21(35)10-22(36)15-43/h5-8,11,16-17,19-22,44-45H,9-10,12-15,33-36H2,1-4H3,(H,38,46)(H,37,39,40,41)/t19-,20+,21-,22+. The molecule has 12 N–H and O–H groups in total. The van der Waals surface area contributed by atoms with Gasteiger partial charge in [-0.15, -0.1) is 0 Å². The van der Waals surface area contributed by atoms with E-state index in [-0.39, 0.29) is 64.7 Å². The van der Waals surface area contributed by atoms with Crippen molar-refractivity contribution in [3.63, 3.8) is 0 Å². The van der Waals surface area contributed by atoms with Crippen molar-refractivity contribution in [2.24, 2.45) is 22.9 Å². The summed E-state index contributed by atoms with van der Waals surface area (Å²) in [4.78, 5) is 31.3. The molecule has 2 aromatic carbocycles. The van der Waals surface area contributed by atoms with Crippen molar-refractivity contribution in [3.8, 4) is 11.5 Å². The second-order valence-electron chi connectivity index (χ2n) is 13.2. The second-order valence-corrected chi connectivity index (χ2v) is 13.2. The van der Waals surface area contributed by atoms with Crippen molar-refractivity contribution in [3.05, 3.63) is 47.0 Å². The Morgan fingerprint density at radius 1 is 0.804 bits per heavy atom. The summed E-state index contributed by atoms with van der Waals surface area (Å²) in [7, 11) is 0. The number of carbonyl (C=O) groups is 1. The first-order valence-electron chi connectivity index (χ1n) is 15.8. The number of nitrogens with one attached hydrogen (secondary N) is 2. The van der Waals surface area contributed by atoms with Gasteiger partial charge in [-0.1, -0.05) is 33.8 Å². The highest BCUT2D eigenvalue weighted by atomic mass is 16.3. The van der Waals surface area contributed by atoms with E-state index in [4.69, 9.17) is 27.9 Å². The van der Waals surface area contributed by atoms with E-state index in [0.717, 1.165) is 5.56 Å². The first-order chi connectivity index (χ1) is 21.8. The van der Waals surface area contributed by atoms with Gasteiger partial charge in [0, 0.05) is 62.1 Å². The number of aromatic hydroxyl groups is 2. The number of carbonyl (C=O) groups excluding carboxylic acids is 1. The predicted molar refractivity (Wildman–Crippen MR) is 181 cm³/mol. The quantitative estimate of drug-likeness (QED) is 0.167. The number of nitrogens with zero attached hydrogens (tertiary/aromatic N) is 5. The van der Waals surface area contributed by atoms with Crippen LogP contribution in [-0.2, 0) is 0 Å². The Morgan fingerprint density at radius 3 is 1.83 bits per heavy atom. The molecule has 2 fully saturated rings. The van der Waals surface area contributed by atoms with E-state index in [9.17, 15) is 15.0 Å². The van der Waals surface area contributed by atoms with Crippen LogP contribution in [0.2, 0.25) is 0 Å². The maximum Gasteiger partial charge on any atom is 0.259 e. The van der Waals surface area contributed by atoms with Crippen LogP contribution in [0.25, 0.3) is 0 Å². The zero-order chi connectivity index (χ0) is 33.3. The fourth-order valence-electron chi connectivity index (χ4n) is 6.04. The molecule has 1 amide bonds. The molecule has 0 unspecified atom stereocenters. The van der Waals surface area contributed by atoms with Gasteiger partial charge in [0.15, 0.2) is 0 Å². The zero-order valence-corrected chi connectivity index (χ0v) is 26.9. The number of nitrogens with two attached hydrogens (primary N) is 4. The summed E-state index contributed by atoms with van der Waals surface area (Å²) < 4.78 is 0. The molecule has 3 heterocycles. The second kappa shape index (κ2) is 13.6. The highest BCUT2D eigenvalue weighted by molar-refractivity contribution is 6.07. The lowest BCUT2D eigenvalue weighted by Crippen LogP contribution is -2.54. The Balaban J connectivity index is 1.40. The van der Waals surface area contributed by atoms with Crippen LogP contribution in [0.1, 0.15) is 73.9 Å². The van der Waals surface area contributed by atoms with Crippen LogP contribution in [0, 0.1) is 0 Å². The Labute approximate surface area is 269 Å². The lowest BCUT2D eigenvalue weighted by atomic mass is 9.91. The number of hydrogen-bond donors (Lipinski definition) is 8. The van der Waals surface area contributed by atoms with Crippen LogP contribution in [0.4, 0.5) is 29.2 Å². The van der Waals surface area contributed by atoms with Crippen molar-refractivity contribution in [2.75, 3.05) is 46.6 Å². The molecule has 0 aliphatic carbocycles. The Morgan fingerprint density at radius 2 is 1.35 bits per heavy atom. The molecular formula is C32H47N11O3. The largest absolute Gasteiger partial charge is 0.507 e. The Hall–Kier alpha value is -4.24. The molecule has 2 aliphatic rings. The molecule has 4 atom stereocenters. The fraction of sp³-hybridized carbons (Fsp3) is 0.500. The molecule has 2 saturated heterocycles. The summed E-state index contributed by atoms with van der Waals surface area (Å²) in [5, 5.41) is 27.7. The SMILES string of the molecule is CC(C)c1cc(C(=O)Nc2ccc(Nc3nc(N4C[C@H](N)C[C@H](N)C4)nc(N4C[C@H](N)C[C@H](N)C4)n3)cc2O)c(O)c(C(C)C)c1. The van der Waals surface area contributed by atoms with E-state index in [1.54, 1.807) is 18.2 Å². The van der Waals surface area contributed by atoms with Crippen molar-refractivity contribution in [1.29, 1.82) is 0 Å². The van der Waals surface area contributed by atoms with Gasteiger partial charge in [-0.3, -0.25) is 4.79 Å². The summed E-state index contributed by atoms with van der Waals surface area (Å²) in [5.74, 6) is 0.485. The van der Waals surface area contributed by atoms with Gasteiger partial charge >= 0.3 is 0 Å². The van der Waals surface area contributed by atoms with Crippen molar-refractivity contribution >= 4 is 35.1 Å². The first-order valence-corrected chi connectivity index (χ1v) is 15.8. The third kappa shape index (κ3) is 7.58. The van der Waals surface area contributed by atoms with Crippen molar-refractivity contribution < 1.29 is 15.0 Å². The van der Waals surface area contributed by atoms with E-state index in [0.29, 0.717) is 62.2 Å². The lowest BCUT2D eigenvalue weighted by Gasteiger charge is -2.37. The van der Waals surface area contributed by atoms with E-state index in [1.165, 1.54) is 6.07 Å². The first kappa shape index (κ1) is 33.1. The number of aromatic nitrogens is 3. The predicted octanol–water partition coefficient (Wildman–Crippen LogP) is 2.25. The smallest absolute Gasteiger partial charge is 0.259 e. The molecule has 248 valence electrons. The molecule has 0 bridgehead atoms.